The van der Waals surface area contributed by atoms with Crippen LogP contribution in [0.1, 0.15) is 16.7 Å². The van der Waals surface area contributed by atoms with E-state index in [9.17, 15) is 4.79 Å². The summed E-state index contributed by atoms with van der Waals surface area (Å²) in [4.78, 5) is 15.0. The van der Waals surface area contributed by atoms with Crippen molar-refractivity contribution >= 4 is 17.2 Å². The summed E-state index contributed by atoms with van der Waals surface area (Å²) in [6, 6.07) is 7.77. The van der Waals surface area contributed by atoms with Crippen LogP contribution in [-0.4, -0.2) is 31.4 Å². The summed E-state index contributed by atoms with van der Waals surface area (Å²) < 4.78 is 5.40. The average molecular weight is 278 g/mol. The van der Waals surface area contributed by atoms with Crippen LogP contribution in [0, 0.1) is 0 Å². The Morgan fingerprint density at radius 3 is 2.84 bits per heavy atom. The predicted octanol–water partition coefficient (Wildman–Crippen LogP) is 2.30. The molecule has 0 spiro atoms. The zero-order chi connectivity index (χ0) is 13.7. The van der Waals surface area contributed by atoms with Crippen LogP contribution in [0.2, 0.25) is 0 Å². The van der Waals surface area contributed by atoms with Gasteiger partial charge >= 0.3 is 0 Å². The van der Waals surface area contributed by atoms with Crippen molar-refractivity contribution < 1.29 is 9.21 Å². The first-order valence-electron chi connectivity index (χ1n) is 6.15. The zero-order valence-corrected chi connectivity index (χ0v) is 11.9. The predicted molar refractivity (Wildman–Crippen MR) is 76.2 cm³/mol. The van der Waals surface area contributed by atoms with E-state index in [0.29, 0.717) is 13.0 Å². The third-order valence-corrected chi connectivity index (χ3v) is 3.78. The lowest BCUT2D eigenvalue weighted by Gasteiger charge is -2.22. The van der Waals surface area contributed by atoms with E-state index in [-0.39, 0.29) is 11.9 Å². The first-order chi connectivity index (χ1) is 9.16. The molecule has 0 aliphatic heterocycles. The summed E-state index contributed by atoms with van der Waals surface area (Å²) in [5, 5.41) is 4.94. The number of amides is 1. The SMILES string of the molecule is CN(C)C(CNC(=O)Cc1cccs1)c1ccco1. The van der Waals surface area contributed by atoms with Gasteiger partial charge in [0.15, 0.2) is 0 Å². The van der Waals surface area contributed by atoms with Crippen LogP contribution in [0.15, 0.2) is 40.3 Å². The van der Waals surface area contributed by atoms with Gasteiger partial charge in [-0.25, -0.2) is 0 Å². The second-order valence-electron chi connectivity index (χ2n) is 4.56. The highest BCUT2D eigenvalue weighted by Gasteiger charge is 2.17. The normalized spacial score (nSPS) is 12.6. The molecule has 5 heteroatoms. The lowest BCUT2D eigenvalue weighted by molar-refractivity contribution is -0.120. The number of carbonyl (C=O) groups excluding carboxylic acids is 1. The molecule has 1 atom stereocenters. The van der Waals surface area contributed by atoms with Crippen LogP contribution in [-0.2, 0) is 11.2 Å². The maximum Gasteiger partial charge on any atom is 0.225 e. The number of carbonyl (C=O) groups is 1. The molecule has 102 valence electrons. The Labute approximate surface area is 117 Å². The number of nitrogens with one attached hydrogen (secondary N) is 1. The van der Waals surface area contributed by atoms with Gasteiger partial charge in [0.05, 0.1) is 18.7 Å². The van der Waals surface area contributed by atoms with Gasteiger partial charge in [-0.05, 0) is 37.7 Å². The number of nitrogens with zero attached hydrogens (tertiary/aromatic N) is 1. The highest BCUT2D eigenvalue weighted by molar-refractivity contribution is 7.10. The molecule has 0 radical (unpaired) electrons. The van der Waals surface area contributed by atoms with E-state index in [2.05, 4.69) is 5.32 Å². The Balaban J connectivity index is 1.87. The van der Waals surface area contributed by atoms with Gasteiger partial charge in [-0.3, -0.25) is 9.69 Å². The van der Waals surface area contributed by atoms with Crippen molar-refractivity contribution in [2.75, 3.05) is 20.6 Å². The second-order valence-corrected chi connectivity index (χ2v) is 5.59. The minimum atomic E-state index is 0.0425. The Morgan fingerprint density at radius 2 is 2.26 bits per heavy atom. The summed E-state index contributed by atoms with van der Waals surface area (Å²) in [5.74, 6) is 0.905. The number of hydrogen-bond acceptors (Lipinski definition) is 4. The highest BCUT2D eigenvalue weighted by atomic mass is 32.1. The van der Waals surface area contributed by atoms with Gasteiger partial charge in [0.1, 0.15) is 5.76 Å². The molecule has 2 rings (SSSR count). The minimum absolute atomic E-state index is 0.0425. The van der Waals surface area contributed by atoms with Crippen molar-refractivity contribution in [2.24, 2.45) is 0 Å². The van der Waals surface area contributed by atoms with Crippen LogP contribution in [0.4, 0.5) is 0 Å². The van der Waals surface area contributed by atoms with Crippen molar-refractivity contribution in [1.29, 1.82) is 0 Å². The van der Waals surface area contributed by atoms with Gasteiger partial charge < -0.3 is 9.73 Å². The summed E-state index contributed by atoms with van der Waals surface area (Å²) in [6.07, 6.45) is 2.09. The van der Waals surface area contributed by atoms with Crippen molar-refractivity contribution in [3.8, 4) is 0 Å². The molecule has 0 aliphatic carbocycles. The molecule has 4 nitrogen and oxygen atoms in total. The number of hydrogen-bond donors (Lipinski definition) is 1. The molecular formula is C14H18N2O2S. The molecule has 1 amide bonds. The Kier molecular flexibility index (Phi) is 4.76. The lowest BCUT2D eigenvalue weighted by atomic mass is 10.2. The minimum Gasteiger partial charge on any atom is -0.468 e. The molecule has 0 aromatic carbocycles. The van der Waals surface area contributed by atoms with Crippen LogP contribution in [0.5, 0.6) is 0 Å². The standard InChI is InChI=1S/C14H18N2O2S/c1-16(2)12(13-6-3-7-18-13)10-15-14(17)9-11-5-4-8-19-11/h3-8,12H,9-10H2,1-2H3,(H,15,17). The number of likely N-dealkylation sites (N-methyl/N-ethyl adjacent to an activating group) is 1. The molecule has 2 aromatic heterocycles. The largest absolute Gasteiger partial charge is 0.468 e. The van der Waals surface area contributed by atoms with Crippen molar-refractivity contribution in [3.05, 3.63) is 46.5 Å². The monoisotopic (exact) mass is 278 g/mol. The van der Waals surface area contributed by atoms with Gasteiger partial charge in [-0.2, -0.15) is 0 Å². The Hall–Kier alpha value is -1.59. The van der Waals surface area contributed by atoms with E-state index < -0.39 is 0 Å². The van der Waals surface area contributed by atoms with Gasteiger partial charge in [0, 0.05) is 11.4 Å². The van der Waals surface area contributed by atoms with Crippen molar-refractivity contribution in [1.82, 2.24) is 10.2 Å². The van der Waals surface area contributed by atoms with E-state index in [1.807, 2.05) is 48.6 Å². The first kappa shape index (κ1) is 13.8. The summed E-state index contributed by atoms with van der Waals surface area (Å²) in [5.41, 5.74) is 0. The fourth-order valence-electron chi connectivity index (χ4n) is 1.86. The summed E-state index contributed by atoms with van der Waals surface area (Å²) in [6.45, 7) is 0.546. The van der Waals surface area contributed by atoms with E-state index in [1.165, 1.54) is 0 Å². The van der Waals surface area contributed by atoms with E-state index in [1.54, 1.807) is 17.6 Å². The second kappa shape index (κ2) is 6.54. The average Bonchev–Trinajstić information content (AvgIpc) is 3.01. The molecule has 0 bridgehead atoms. The first-order valence-corrected chi connectivity index (χ1v) is 7.03. The fraction of sp³-hybridized carbons (Fsp3) is 0.357. The van der Waals surface area contributed by atoms with E-state index >= 15 is 0 Å². The lowest BCUT2D eigenvalue weighted by Crippen LogP contribution is -2.35. The quantitative estimate of drug-likeness (QED) is 0.882. The molecule has 0 saturated heterocycles. The number of thiophene rings is 1. The van der Waals surface area contributed by atoms with Gasteiger partial charge in [-0.1, -0.05) is 6.07 Å². The van der Waals surface area contributed by atoms with Crippen molar-refractivity contribution in [3.63, 3.8) is 0 Å². The van der Waals surface area contributed by atoms with Crippen molar-refractivity contribution in [2.45, 2.75) is 12.5 Å². The molecule has 2 heterocycles. The Morgan fingerprint density at radius 1 is 1.42 bits per heavy atom. The van der Waals surface area contributed by atoms with Gasteiger partial charge in [-0.15, -0.1) is 11.3 Å². The maximum absolute atomic E-state index is 11.9. The smallest absolute Gasteiger partial charge is 0.225 e. The molecule has 0 fully saturated rings. The van der Waals surface area contributed by atoms with Crippen LogP contribution in [0.25, 0.3) is 0 Å². The van der Waals surface area contributed by atoms with Gasteiger partial charge in [0.25, 0.3) is 0 Å². The third-order valence-electron chi connectivity index (χ3n) is 2.90. The number of rotatable bonds is 6. The Bertz CT molecular complexity index is 492. The third kappa shape index (κ3) is 3.94. The fourth-order valence-corrected chi connectivity index (χ4v) is 2.57. The van der Waals surface area contributed by atoms with Crippen LogP contribution in [0.3, 0.4) is 0 Å². The molecule has 0 aliphatic rings. The van der Waals surface area contributed by atoms with E-state index in [0.717, 1.165) is 10.6 Å². The van der Waals surface area contributed by atoms with Crippen LogP contribution >= 0.6 is 11.3 Å². The summed E-state index contributed by atoms with van der Waals surface area (Å²) in [7, 11) is 3.94. The molecule has 1 N–H and O–H groups in total. The summed E-state index contributed by atoms with van der Waals surface area (Å²) >= 11 is 1.60. The molecule has 0 saturated carbocycles. The molecule has 2 aromatic rings. The molecule has 1 unspecified atom stereocenters. The zero-order valence-electron chi connectivity index (χ0n) is 11.1. The van der Waals surface area contributed by atoms with Crippen LogP contribution < -0.4 is 5.32 Å². The highest BCUT2D eigenvalue weighted by Crippen LogP contribution is 2.17. The van der Waals surface area contributed by atoms with Gasteiger partial charge in [0.2, 0.25) is 5.91 Å². The van der Waals surface area contributed by atoms with E-state index in [4.69, 9.17) is 4.42 Å². The number of furan rings is 1. The topological polar surface area (TPSA) is 45.5 Å². The molecular weight excluding hydrogens is 260 g/mol. The maximum atomic E-state index is 11.9. The molecule has 19 heavy (non-hydrogen) atoms.